The van der Waals surface area contributed by atoms with E-state index in [9.17, 15) is 13.2 Å². The van der Waals surface area contributed by atoms with Crippen molar-refractivity contribution in [3.05, 3.63) is 41.7 Å². The van der Waals surface area contributed by atoms with Crippen LogP contribution in [0, 0.1) is 0 Å². The van der Waals surface area contributed by atoms with E-state index in [2.05, 4.69) is 10.0 Å². The van der Waals surface area contributed by atoms with Crippen LogP contribution in [0.3, 0.4) is 0 Å². The first-order valence-corrected chi connectivity index (χ1v) is 11.0. The third-order valence-electron chi connectivity index (χ3n) is 4.08. The van der Waals surface area contributed by atoms with E-state index in [1.54, 1.807) is 0 Å². The Morgan fingerprint density at radius 2 is 1.72 bits per heavy atom. The summed E-state index contributed by atoms with van der Waals surface area (Å²) >= 11 is 0. The lowest BCUT2D eigenvalue weighted by Crippen LogP contribution is -2.26. The number of hydrogen-bond acceptors (Lipinski definition) is 6. The molecule has 9 heteroatoms. The fraction of sp³-hybridized carbons (Fsp3) is 0.450. The summed E-state index contributed by atoms with van der Waals surface area (Å²) in [4.78, 5) is 12.4. The molecule has 0 aliphatic carbocycles. The summed E-state index contributed by atoms with van der Waals surface area (Å²) < 4.78 is 42.3. The van der Waals surface area contributed by atoms with Crippen LogP contribution in [-0.2, 0) is 10.0 Å². The zero-order chi connectivity index (χ0) is 21.4. The highest BCUT2D eigenvalue weighted by Gasteiger charge is 2.21. The van der Waals surface area contributed by atoms with Gasteiger partial charge in [0.05, 0.1) is 19.3 Å². The van der Waals surface area contributed by atoms with E-state index < -0.39 is 15.9 Å². The van der Waals surface area contributed by atoms with E-state index in [1.165, 1.54) is 19.2 Å². The molecule has 1 aromatic heterocycles. The molecule has 0 aliphatic heterocycles. The van der Waals surface area contributed by atoms with Crippen molar-refractivity contribution in [2.75, 3.05) is 20.3 Å². The van der Waals surface area contributed by atoms with Crippen LogP contribution in [0.15, 0.2) is 39.8 Å². The first-order chi connectivity index (χ1) is 13.8. The molecule has 0 saturated carbocycles. The van der Waals surface area contributed by atoms with E-state index in [4.69, 9.17) is 13.9 Å². The lowest BCUT2D eigenvalue weighted by molar-refractivity contribution is 0.0906. The van der Waals surface area contributed by atoms with Crippen LogP contribution in [0.2, 0.25) is 0 Å². The van der Waals surface area contributed by atoms with Crippen molar-refractivity contribution in [3.8, 4) is 11.5 Å². The molecule has 29 heavy (non-hydrogen) atoms. The second kappa shape index (κ2) is 10.3. The van der Waals surface area contributed by atoms with E-state index in [0.29, 0.717) is 24.7 Å². The number of sulfonamides is 1. The molecular formula is C20H28N2O6S. The Kier molecular flexibility index (Phi) is 8.10. The van der Waals surface area contributed by atoms with Gasteiger partial charge in [0.25, 0.3) is 15.9 Å². The minimum absolute atomic E-state index is 0.0870. The fourth-order valence-corrected chi connectivity index (χ4v) is 3.14. The van der Waals surface area contributed by atoms with E-state index in [1.807, 2.05) is 39.0 Å². The smallest absolute Gasteiger partial charge is 0.287 e. The molecule has 0 bridgehead atoms. The van der Waals surface area contributed by atoms with Gasteiger partial charge in [0.2, 0.25) is 5.09 Å². The van der Waals surface area contributed by atoms with Crippen LogP contribution in [0.25, 0.3) is 0 Å². The minimum Gasteiger partial charge on any atom is -0.490 e. The Bertz CT molecular complexity index is 923. The average molecular weight is 425 g/mol. The predicted molar refractivity (Wildman–Crippen MR) is 109 cm³/mol. The van der Waals surface area contributed by atoms with Crippen LogP contribution in [0.4, 0.5) is 0 Å². The second-order valence-corrected chi connectivity index (χ2v) is 8.24. The Morgan fingerprint density at radius 1 is 1.07 bits per heavy atom. The highest BCUT2D eigenvalue weighted by atomic mass is 32.2. The fourth-order valence-electron chi connectivity index (χ4n) is 2.49. The largest absolute Gasteiger partial charge is 0.490 e. The maximum atomic E-state index is 12.4. The lowest BCUT2D eigenvalue weighted by atomic mass is 10.1. The summed E-state index contributed by atoms with van der Waals surface area (Å²) in [6.07, 6.45) is 1.75. The molecule has 1 unspecified atom stereocenters. The van der Waals surface area contributed by atoms with Gasteiger partial charge in [-0.25, -0.2) is 13.1 Å². The standard InChI is InChI=1S/C20H28N2O6S/c1-5-11-26-16-8-7-15(13-18(16)27-12-6-2)14(3)22-20(23)17-9-10-19(28-17)29(24,25)21-4/h7-10,13-14,21H,5-6,11-12H2,1-4H3,(H,22,23). The van der Waals surface area contributed by atoms with Crippen molar-refractivity contribution in [3.63, 3.8) is 0 Å². The maximum absolute atomic E-state index is 12.4. The van der Waals surface area contributed by atoms with E-state index in [0.717, 1.165) is 18.4 Å². The average Bonchev–Trinajstić information content (AvgIpc) is 3.22. The Balaban J connectivity index is 2.14. The molecule has 2 rings (SSSR count). The number of amides is 1. The van der Waals surface area contributed by atoms with Crippen LogP contribution in [0.5, 0.6) is 11.5 Å². The highest BCUT2D eigenvalue weighted by Crippen LogP contribution is 2.31. The number of nitrogens with one attached hydrogen (secondary N) is 2. The Hall–Kier alpha value is -2.52. The van der Waals surface area contributed by atoms with E-state index in [-0.39, 0.29) is 16.9 Å². The van der Waals surface area contributed by atoms with Crippen molar-refractivity contribution < 1.29 is 27.1 Å². The van der Waals surface area contributed by atoms with Gasteiger partial charge < -0.3 is 19.2 Å². The normalized spacial score (nSPS) is 12.4. The number of benzene rings is 1. The van der Waals surface area contributed by atoms with Gasteiger partial charge in [-0.05, 0) is 56.6 Å². The van der Waals surface area contributed by atoms with E-state index >= 15 is 0 Å². The first kappa shape index (κ1) is 22.8. The van der Waals surface area contributed by atoms with Gasteiger partial charge in [-0.2, -0.15) is 0 Å². The lowest BCUT2D eigenvalue weighted by Gasteiger charge is -2.17. The molecule has 0 radical (unpaired) electrons. The van der Waals surface area contributed by atoms with Gasteiger partial charge in [-0.3, -0.25) is 4.79 Å². The van der Waals surface area contributed by atoms with Gasteiger partial charge >= 0.3 is 0 Å². The van der Waals surface area contributed by atoms with Gasteiger partial charge in [0.15, 0.2) is 17.3 Å². The molecule has 1 atom stereocenters. The monoisotopic (exact) mass is 424 g/mol. The van der Waals surface area contributed by atoms with Crippen molar-refractivity contribution in [2.24, 2.45) is 0 Å². The van der Waals surface area contributed by atoms with Crippen LogP contribution < -0.4 is 19.5 Å². The number of rotatable bonds is 11. The zero-order valence-electron chi connectivity index (χ0n) is 17.2. The SMILES string of the molecule is CCCOc1ccc(C(C)NC(=O)c2ccc(S(=O)(=O)NC)o2)cc1OCCC. The first-order valence-electron chi connectivity index (χ1n) is 9.56. The molecule has 160 valence electrons. The summed E-state index contributed by atoms with van der Waals surface area (Å²) in [6.45, 7) is 7.01. The van der Waals surface area contributed by atoms with Crippen molar-refractivity contribution >= 4 is 15.9 Å². The quantitative estimate of drug-likeness (QED) is 0.573. The van der Waals surface area contributed by atoms with Crippen LogP contribution in [-0.4, -0.2) is 34.6 Å². The molecule has 1 amide bonds. The van der Waals surface area contributed by atoms with Crippen LogP contribution >= 0.6 is 0 Å². The van der Waals surface area contributed by atoms with Gasteiger partial charge in [0.1, 0.15) is 0 Å². The zero-order valence-corrected chi connectivity index (χ0v) is 18.0. The maximum Gasteiger partial charge on any atom is 0.287 e. The number of furan rings is 1. The van der Waals surface area contributed by atoms with Crippen molar-refractivity contribution in [1.29, 1.82) is 0 Å². The Morgan fingerprint density at radius 3 is 2.34 bits per heavy atom. The summed E-state index contributed by atoms with van der Waals surface area (Å²) in [7, 11) is -2.48. The molecule has 2 aromatic rings. The molecule has 0 saturated heterocycles. The second-order valence-electron chi connectivity index (χ2n) is 6.42. The highest BCUT2D eigenvalue weighted by molar-refractivity contribution is 7.89. The molecule has 0 fully saturated rings. The van der Waals surface area contributed by atoms with Crippen LogP contribution in [0.1, 0.15) is 55.8 Å². The summed E-state index contributed by atoms with van der Waals surface area (Å²) in [6, 6.07) is 7.72. The van der Waals surface area contributed by atoms with Crippen molar-refractivity contribution in [2.45, 2.75) is 44.7 Å². The third kappa shape index (κ3) is 5.98. The minimum atomic E-state index is -3.75. The van der Waals surface area contributed by atoms with Gasteiger partial charge in [-0.1, -0.05) is 19.9 Å². The number of ether oxygens (including phenoxy) is 2. The predicted octanol–water partition coefficient (Wildman–Crippen LogP) is 3.26. The molecule has 1 heterocycles. The van der Waals surface area contributed by atoms with Crippen molar-refractivity contribution in [1.82, 2.24) is 10.0 Å². The summed E-state index contributed by atoms with van der Waals surface area (Å²) in [5.74, 6) is 0.684. The molecule has 0 aliphatic rings. The summed E-state index contributed by atoms with van der Waals surface area (Å²) in [5, 5.41) is 2.48. The number of hydrogen-bond donors (Lipinski definition) is 2. The molecule has 8 nitrogen and oxygen atoms in total. The Labute approximate surface area is 171 Å². The molecule has 0 spiro atoms. The third-order valence-corrected chi connectivity index (χ3v) is 5.36. The summed E-state index contributed by atoms with van der Waals surface area (Å²) in [5.41, 5.74) is 0.822. The molecule has 2 N–H and O–H groups in total. The van der Waals surface area contributed by atoms with Gasteiger partial charge in [-0.15, -0.1) is 0 Å². The molecular weight excluding hydrogens is 396 g/mol. The topological polar surface area (TPSA) is 107 Å². The number of carbonyl (C=O) groups is 1. The van der Waals surface area contributed by atoms with Gasteiger partial charge in [0, 0.05) is 0 Å². The molecule has 1 aromatic carbocycles. The number of carbonyl (C=O) groups excluding carboxylic acids is 1.